The molecule has 200 valence electrons. The van der Waals surface area contributed by atoms with Crippen molar-refractivity contribution >= 4 is 28.6 Å². The second-order valence-corrected chi connectivity index (χ2v) is 21.3. The fourth-order valence-electron chi connectivity index (χ4n) is 2.46. The zero-order valence-electron chi connectivity index (χ0n) is 23.2. The lowest BCUT2D eigenvalue weighted by Gasteiger charge is -2.46. The molecule has 0 heterocycles. The van der Waals surface area contributed by atoms with Crippen molar-refractivity contribution in [3.05, 3.63) is 12.2 Å². The smallest absolute Gasteiger partial charge is 0.302 e. The summed E-state index contributed by atoms with van der Waals surface area (Å²) in [5.41, 5.74) is 0. The summed E-state index contributed by atoms with van der Waals surface area (Å²) in [5, 5.41) is 21.6. The molecule has 34 heavy (non-hydrogen) atoms. The Bertz CT molecular complexity index is 692. The number of carbonyl (C=O) groups excluding carboxylic acids is 2. The molecule has 0 bridgehead atoms. The van der Waals surface area contributed by atoms with Gasteiger partial charge in [-0.3, -0.25) is 9.59 Å². The van der Waals surface area contributed by atoms with Crippen LogP contribution in [0.3, 0.4) is 0 Å². The third-order valence-corrected chi connectivity index (χ3v) is 15.6. The van der Waals surface area contributed by atoms with Crippen molar-refractivity contribution in [1.82, 2.24) is 0 Å². The highest BCUT2D eigenvalue weighted by Gasteiger charge is 2.47. The van der Waals surface area contributed by atoms with Gasteiger partial charge in [0.1, 0.15) is 31.5 Å². The second kappa shape index (κ2) is 12.8. The summed E-state index contributed by atoms with van der Waals surface area (Å²) in [6.45, 7) is 23.1. The normalized spacial score (nSPS) is 17.2. The highest BCUT2D eigenvalue weighted by atomic mass is 28.4. The maximum atomic E-state index is 11.3. The van der Waals surface area contributed by atoms with Crippen LogP contribution in [0, 0.1) is 0 Å². The van der Waals surface area contributed by atoms with Crippen molar-refractivity contribution in [2.45, 2.75) is 116 Å². The molecule has 0 saturated carbocycles. The lowest BCUT2D eigenvalue weighted by molar-refractivity contribution is -0.150. The van der Waals surface area contributed by atoms with Gasteiger partial charge in [0.25, 0.3) is 0 Å². The summed E-state index contributed by atoms with van der Waals surface area (Å²) in [5.74, 6) is -0.958. The van der Waals surface area contributed by atoms with Crippen LogP contribution in [0.25, 0.3) is 0 Å². The van der Waals surface area contributed by atoms with E-state index in [1.54, 1.807) is 12.2 Å². The van der Waals surface area contributed by atoms with Gasteiger partial charge in [0.05, 0.1) is 6.10 Å². The zero-order chi connectivity index (χ0) is 27.1. The minimum atomic E-state index is -2.43. The number of esters is 2. The molecule has 0 aliphatic carbocycles. The molecule has 0 aromatic carbocycles. The van der Waals surface area contributed by atoms with Crippen molar-refractivity contribution in [3.8, 4) is 0 Å². The number of carbonyl (C=O) groups is 2. The Labute approximate surface area is 208 Å². The Morgan fingerprint density at radius 1 is 0.824 bits per heavy atom. The Kier molecular flexibility index (Phi) is 12.4. The molecule has 0 saturated heterocycles. The van der Waals surface area contributed by atoms with Crippen molar-refractivity contribution < 1.29 is 38.1 Å². The maximum Gasteiger partial charge on any atom is 0.302 e. The highest BCUT2D eigenvalue weighted by Crippen LogP contribution is 2.41. The average molecular weight is 521 g/mol. The molecule has 2 N–H and O–H groups in total. The summed E-state index contributed by atoms with van der Waals surface area (Å²) in [7, 11) is -4.79. The first kappa shape index (κ1) is 33.0. The topological polar surface area (TPSA) is 112 Å². The molecule has 0 radical (unpaired) electrons. The molecular formula is C24H48O8Si2. The van der Waals surface area contributed by atoms with E-state index in [1.165, 1.54) is 13.8 Å². The molecule has 0 fully saturated rings. The molecular weight excluding hydrogens is 472 g/mol. The van der Waals surface area contributed by atoms with Crippen molar-refractivity contribution in [2.24, 2.45) is 0 Å². The van der Waals surface area contributed by atoms with E-state index < -0.39 is 53.0 Å². The average Bonchev–Trinajstić information content (AvgIpc) is 2.63. The van der Waals surface area contributed by atoms with E-state index in [0.717, 1.165) is 0 Å². The van der Waals surface area contributed by atoms with Crippen LogP contribution in [0.1, 0.15) is 55.4 Å². The van der Waals surface area contributed by atoms with Gasteiger partial charge in [-0.1, -0.05) is 47.6 Å². The minimum absolute atomic E-state index is 0.0472. The molecule has 0 amide bonds. The summed E-state index contributed by atoms with van der Waals surface area (Å²) in [6, 6.07) is 0. The molecule has 4 atom stereocenters. The fourth-order valence-corrected chi connectivity index (χ4v) is 5.01. The first-order valence-corrected chi connectivity index (χ1v) is 17.6. The first-order chi connectivity index (χ1) is 15.1. The third kappa shape index (κ3) is 10.7. The van der Waals surface area contributed by atoms with Gasteiger partial charge < -0.3 is 28.5 Å². The Hall–Kier alpha value is -1.05. The van der Waals surface area contributed by atoms with Gasteiger partial charge in [0.15, 0.2) is 16.6 Å². The van der Waals surface area contributed by atoms with Crippen LogP contribution in [0.15, 0.2) is 12.2 Å². The lowest BCUT2D eigenvalue weighted by Crippen LogP contribution is -2.57. The number of aliphatic hydroxyl groups excluding tert-OH is 2. The van der Waals surface area contributed by atoms with Crippen LogP contribution >= 0.6 is 0 Å². The zero-order valence-corrected chi connectivity index (χ0v) is 25.2. The van der Waals surface area contributed by atoms with Gasteiger partial charge in [-0.25, -0.2) is 0 Å². The molecule has 0 rings (SSSR count). The molecule has 0 spiro atoms. The van der Waals surface area contributed by atoms with E-state index in [9.17, 15) is 19.8 Å². The van der Waals surface area contributed by atoms with E-state index in [2.05, 4.69) is 67.7 Å². The molecule has 0 aliphatic rings. The van der Waals surface area contributed by atoms with E-state index in [4.69, 9.17) is 18.3 Å². The van der Waals surface area contributed by atoms with Gasteiger partial charge in [0, 0.05) is 13.8 Å². The monoisotopic (exact) mass is 520 g/mol. The van der Waals surface area contributed by atoms with Crippen LogP contribution in [-0.4, -0.2) is 76.4 Å². The van der Waals surface area contributed by atoms with Crippen LogP contribution in [0.2, 0.25) is 36.3 Å². The van der Waals surface area contributed by atoms with Gasteiger partial charge in [-0.15, -0.1) is 0 Å². The largest absolute Gasteiger partial charge is 0.463 e. The van der Waals surface area contributed by atoms with E-state index in [0.29, 0.717) is 0 Å². The van der Waals surface area contributed by atoms with Crippen LogP contribution in [0.4, 0.5) is 0 Å². The quantitative estimate of drug-likeness (QED) is 0.224. The van der Waals surface area contributed by atoms with Crippen LogP contribution in [-0.2, 0) is 27.9 Å². The van der Waals surface area contributed by atoms with E-state index in [1.807, 2.05) is 0 Å². The van der Waals surface area contributed by atoms with Gasteiger partial charge in [-0.2, -0.15) is 0 Å². The molecule has 0 aromatic rings. The van der Waals surface area contributed by atoms with Crippen LogP contribution < -0.4 is 0 Å². The highest BCUT2D eigenvalue weighted by molar-refractivity contribution is 6.74. The van der Waals surface area contributed by atoms with Crippen molar-refractivity contribution in [3.63, 3.8) is 0 Å². The van der Waals surface area contributed by atoms with Gasteiger partial charge in [-0.05, 0) is 42.3 Å². The van der Waals surface area contributed by atoms with Crippen molar-refractivity contribution in [1.29, 1.82) is 0 Å². The summed E-state index contributed by atoms with van der Waals surface area (Å²) in [4.78, 5) is 22.4. The summed E-state index contributed by atoms with van der Waals surface area (Å²) < 4.78 is 23.2. The Morgan fingerprint density at radius 3 is 1.68 bits per heavy atom. The second-order valence-electron chi connectivity index (χ2n) is 11.8. The van der Waals surface area contributed by atoms with Gasteiger partial charge >= 0.3 is 11.9 Å². The van der Waals surface area contributed by atoms with E-state index >= 15 is 0 Å². The number of hydrogen-bond donors (Lipinski definition) is 2. The molecule has 0 aromatic heterocycles. The standard InChI is InChI=1S/C24H48O8Si2/c1-17(25)29-15-13-14-20(31-33(9,10)23(3,4)5)22(32-34(11,12)24(6,7)8)21(28)19(27)16-30-18(2)26/h13-14,19-22,27-28H,15-16H2,1-12H3/b14-13-/t19-,20-,21-,22+/m0/s1. The SMILES string of the molecule is CC(=O)OC/C=C\[C@H](O[Si](C)(C)C(C)(C)C)[C@@H](O[Si](C)(C)C(C)(C)C)[C@@H](O)[C@@H](O)COC(C)=O. The third-order valence-electron chi connectivity index (χ3n) is 6.69. The summed E-state index contributed by atoms with van der Waals surface area (Å²) >= 11 is 0. The predicted octanol–water partition coefficient (Wildman–Crippen LogP) is 4.17. The Morgan fingerprint density at radius 2 is 1.26 bits per heavy atom. The van der Waals surface area contributed by atoms with E-state index in [-0.39, 0.29) is 23.3 Å². The Balaban J connectivity index is 6.35. The number of aliphatic hydroxyl groups is 2. The fraction of sp³-hybridized carbons (Fsp3) is 0.833. The molecule has 0 aliphatic heterocycles. The van der Waals surface area contributed by atoms with Crippen LogP contribution in [0.5, 0.6) is 0 Å². The molecule has 0 unspecified atom stereocenters. The first-order valence-electron chi connectivity index (χ1n) is 11.8. The summed E-state index contributed by atoms with van der Waals surface area (Å²) in [6.07, 6.45) is -1.04. The number of rotatable bonds is 12. The predicted molar refractivity (Wildman–Crippen MR) is 139 cm³/mol. The number of ether oxygens (including phenoxy) is 2. The minimum Gasteiger partial charge on any atom is -0.463 e. The molecule has 10 heteroatoms. The number of hydrogen-bond acceptors (Lipinski definition) is 8. The maximum absolute atomic E-state index is 11.3. The van der Waals surface area contributed by atoms with Gasteiger partial charge in [0.2, 0.25) is 0 Å². The van der Waals surface area contributed by atoms with Crippen molar-refractivity contribution in [2.75, 3.05) is 13.2 Å². The lowest BCUT2D eigenvalue weighted by atomic mass is 10.0. The molecule has 8 nitrogen and oxygen atoms in total.